The van der Waals surface area contributed by atoms with Gasteiger partial charge in [-0.25, -0.2) is 0 Å². The lowest BCUT2D eigenvalue weighted by Gasteiger charge is -2.41. The smallest absolute Gasteiger partial charge is 0.266 e. The summed E-state index contributed by atoms with van der Waals surface area (Å²) in [6.45, 7) is 3.55. The van der Waals surface area contributed by atoms with E-state index in [1.807, 2.05) is 54.3 Å². The van der Waals surface area contributed by atoms with Gasteiger partial charge in [0.25, 0.3) is 5.56 Å². The fourth-order valence-electron chi connectivity index (χ4n) is 6.21. The number of aromatic nitrogens is 6. The van der Waals surface area contributed by atoms with E-state index in [1.54, 1.807) is 23.4 Å². The molecule has 2 bridgehead atoms. The van der Waals surface area contributed by atoms with Crippen LogP contribution in [0, 0.1) is 11.8 Å². The molecule has 2 aromatic carbocycles. The normalized spacial score (nSPS) is 19.1. The van der Waals surface area contributed by atoms with Crippen molar-refractivity contribution in [2.45, 2.75) is 13.0 Å². The summed E-state index contributed by atoms with van der Waals surface area (Å²) >= 11 is 7.00. The lowest BCUT2D eigenvalue weighted by Crippen LogP contribution is -2.48. The Labute approximate surface area is 235 Å². The fraction of sp³-hybridized carbons (Fsp3) is 0.379. The zero-order valence-corrected chi connectivity index (χ0v) is 23.4. The maximum atomic E-state index is 14.1. The lowest BCUT2D eigenvalue weighted by molar-refractivity contribution is 0.00579. The van der Waals surface area contributed by atoms with E-state index in [0.717, 1.165) is 60.5 Å². The Balaban J connectivity index is 1.42. The van der Waals surface area contributed by atoms with Gasteiger partial charge in [-0.1, -0.05) is 23.7 Å². The van der Waals surface area contributed by atoms with E-state index in [2.05, 4.69) is 10.00 Å². The van der Waals surface area contributed by atoms with Crippen molar-refractivity contribution in [2.24, 2.45) is 25.9 Å². The van der Waals surface area contributed by atoms with Gasteiger partial charge >= 0.3 is 0 Å². The first-order chi connectivity index (χ1) is 19.4. The third-order valence-corrected chi connectivity index (χ3v) is 8.46. The van der Waals surface area contributed by atoms with E-state index in [0.29, 0.717) is 46.1 Å². The number of benzene rings is 2. The number of hydrogen-bond donors (Lipinski definition) is 0. The van der Waals surface area contributed by atoms with Crippen LogP contribution in [0.4, 0.5) is 5.95 Å². The molecule has 0 saturated carbocycles. The highest BCUT2D eigenvalue weighted by atomic mass is 35.5. The molecule has 40 heavy (non-hydrogen) atoms. The van der Waals surface area contributed by atoms with Crippen molar-refractivity contribution in [3.05, 3.63) is 63.5 Å². The van der Waals surface area contributed by atoms with Crippen LogP contribution in [0.5, 0.6) is 5.75 Å². The van der Waals surface area contributed by atoms with Gasteiger partial charge in [-0.2, -0.15) is 15.2 Å². The molecule has 0 spiro atoms. The molecule has 7 rings (SSSR count). The van der Waals surface area contributed by atoms with Crippen LogP contribution in [0.25, 0.3) is 33.2 Å². The Morgan fingerprint density at radius 3 is 2.52 bits per heavy atom. The molecular weight excluding hydrogens is 530 g/mol. The van der Waals surface area contributed by atoms with Crippen LogP contribution in [-0.2, 0) is 25.4 Å². The Morgan fingerprint density at radius 2 is 1.80 bits per heavy atom. The van der Waals surface area contributed by atoms with Crippen LogP contribution in [-0.4, -0.2) is 62.5 Å². The molecule has 11 heteroatoms. The molecule has 2 aliphatic rings. The van der Waals surface area contributed by atoms with Crippen LogP contribution in [0.2, 0.25) is 5.02 Å². The van der Waals surface area contributed by atoms with Crippen molar-refractivity contribution in [3.63, 3.8) is 0 Å². The number of methoxy groups -OCH3 is 1. The van der Waals surface area contributed by atoms with E-state index in [-0.39, 0.29) is 5.56 Å². The fourth-order valence-corrected chi connectivity index (χ4v) is 6.51. The zero-order valence-electron chi connectivity index (χ0n) is 22.7. The molecule has 2 fully saturated rings. The quantitative estimate of drug-likeness (QED) is 0.323. The zero-order chi connectivity index (χ0) is 27.5. The van der Waals surface area contributed by atoms with Crippen LogP contribution < -0.4 is 15.2 Å². The summed E-state index contributed by atoms with van der Waals surface area (Å²) in [4.78, 5) is 21.3. The van der Waals surface area contributed by atoms with Gasteiger partial charge in [0.05, 0.1) is 43.1 Å². The Bertz CT molecular complexity index is 1800. The number of halogens is 1. The first-order valence-corrected chi connectivity index (χ1v) is 13.8. The van der Waals surface area contributed by atoms with Crippen LogP contribution in [0.1, 0.15) is 12.0 Å². The maximum Gasteiger partial charge on any atom is 0.266 e. The molecule has 5 heterocycles. The molecule has 0 amide bonds. The third kappa shape index (κ3) is 4.13. The van der Waals surface area contributed by atoms with Crippen molar-refractivity contribution in [2.75, 3.05) is 38.3 Å². The molecule has 2 atom stereocenters. The number of hydrogen-bond acceptors (Lipinski definition) is 7. The molecule has 5 aromatic rings. The van der Waals surface area contributed by atoms with Crippen molar-refractivity contribution in [1.29, 1.82) is 0 Å². The second-order valence-electron chi connectivity index (χ2n) is 10.9. The summed E-state index contributed by atoms with van der Waals surface area (Å²) in [5, 5.41) is 11.2. The Kier molecular flexibility index (Phi) is 6.05. The van der Waals surface area contributed by atoms with E-state index in [4.69, 9.17) is 31.2 Å². The van der Waals surface area contributed by atoms with Gasteiger partial charge in [0.2, 0.25) is 5.95 Å². The molecule has 10 nitrogen and oxygen atoms in total. The van der Waals surface area contributed by atoms with Crippen molar-refractivity contribution in [1.82, 2.24) is 29.1 Å². The van der Waals surface area contributed by atoms with Crippen LogP contribution in [0.15, 0.2) is 47.4 Å². The number of aryl methyl sites for hydroxylation is 1. The lowest BCUT2D eigenvalue weighted by atomic mass is 9.88. The van der Waals surface area contributed by atoms with Gasteiger partial charge in [0.15, 0.2) is 5.65 Å². The van der Waals surface area contributed by atoms with Gasteiger partial charge in [-0.3, -0.25) is 18.7 Å². The maximum absolute atomic E-state index is 14.1. The van der Waals surface area contributed by atoms with E-state index >= 15 is 0 Å². The number of rotatable bonds is 5. The topological polar surface area (TPSA) is 92.2 Å². The number of anilines is 1. The first-order valence-electron chi connectivity index (χ1n) is 13.4. The largest absolute Gasteiger partial charge is 0.497 e. The first kappa shape index (κ1) is 25.1. The van der Waals surface area contributed by atoms with Gasteiger partial charge < -0.3 is 14.4 Å². The molecule has 206 valence electrons. The minimum Gasteiger partial charge on any atom is -0.497 e. The van der Waals surface area contributed by atoms with Crippen LogP contribution in [0.3, 0.4) is 0 Å². The highest BCUT2D eigenvalue weighted by Crippen LogP contribution is 2.37. The second kappa shape index (κ2) is 9.64. The summed E-state index contributed by atoms with van der Waals surface area (Å²) < 4.78 is 16.3. The highest BCUT2D eigenvalue weighted by Gasteiger charge is 2.33. The SMILES string of the molecule is COc1ccc(Cn2nc3nc(N4CC5COCC(C5)C4)n(C)c(=O)c3c2-c2ccc3nn(C)cc3c2Cl)cc1. The second-order valence-corrected chi connectivity index (χ2v) is 11.3. The minimum atomic E-state index is -0.148. The molecular formula is C29H30ClN7O3. The molecule has 0 N–H and O–H groups in total. The number of ether oxygens (including phenoxy) is 2. The average Bonchev–Trinajstić information content (AvgIpc) is 3.51. The average molecular weight is 560 g/mol. The number of piperidine rings is 1. The predicted octanol–water partition coefficient (Wildman–Crippen LogP) is 3.87. The van der Waals surface area contributed by atoms with Gasteiger partial charge in [0.1, 0.15) is 11.1 Å². The molecule has 0 aliphatic carbocycles. The molecule has 2 unspecified atom stereocenters. The van der Waals surface area contributed by atoms with E-state index in [1.165, 1.54) is 0 Å². The summed E-state index contributed by atoms with van der Waals surface area (Å²) in [7, 11) is 5.30. The van der Waals surface area contributed by atoms with Crippen LogP contribution >= 0.6 is 11.6 Å². The summed E-state index contributed by atoms with van der Waals surface area (Å²) in [5.74, 6) is 2.29. The summed E-state index contributed by atoms with van der Waals surface area (Å²) in [6, 6.07) is 11.7. The van der Waals surface area contributed by atoms with Gasteiger partial charge in [-0.15, -0.1) is 0 Å². The molecule has 3 aromatic heterocycles. The van der Waals surface area contributed by atoms with Gasteiger partial charge in [-0.05, 0) is 36.2 Å². The highest BCUT2D eigenvalue weighted by molar-refractivity contribution is 6.38. The number of nitrogens with zero attached hydrogens (tertiary/aromatic N) is 7. The van der Waals surface area contributed by atoms with Crippen molar-refractivity contribution in [3.8, 4) is 17.0 Å². The van der Waals surface area contributed by atoms with E-state index < -0.39 is 0 Å². The third-order valence-electron chi connectivity index (χ3n) is 8.06. The Hall–Kier alpha value is -3.89. The minimum absolute atomic E-state index is 0.148. The predicted molar refractivity (Wildman–Crippen MR) is 154 cm³/mol. The van der Waals surface area contributed by atoms with Gasteiger partial charge in [0, 0.05) is 56.2 Å². The molecule has 0 radical (unpaired) electrons. The Morgan fingerprint density at radius 1 is 1.05 bits per heavy atom. The molecule has 2 saturated heterocycles. The van der Waals surface area contributed by atoms with E-state index in [9.17, 15) is 4.79 Å². The number of fused-ring (bicyclic) bond motifs is 4. The van der Waals surface area contributed by atoms with Crippen molar-refractivity contribution >= 4 is 39.5 Å². The van der Waals surface area contributed by atoms with Crippen molar-refractivity contribution < 1.29 is 9.47 Å². The summed E-state index contributed by atoms with van der Waals surface area (Å²) in [5.41, 5.74) is 3.42. The molecule has 2 aliphatic heterocycles. The standard InChI is InChI=1S/C29H30ClN7O3/c1-34-14-22-23(32-34)9-8-21(25(22)30)26-24-27(33-37(26)13-17-4-6-20(39-3)7-5-17)31-29(35(2)28(24)38)36-11-18-10-19(12-36)16-40-15-18/h4-9,14,18-19H,10-13,15-16H2,1-3H3. The summed E-state index contributed by atoms with van der Waals surface area (Å²) in [6.07, 6.45) is 3.04. The monoisotopic (exact) mass is 559 g/mol.